The Bertz CT molecular complexity index is 975. The number of carbonyl (C=O) groups is 3. The minimum Gasteiger partial charge on any atom is -0.489 e. The Kier molecular flexibility index (Phi) is 6.31. The van der Waals surface area contributed by atoms with Gasteiger partial charge in [-0.15, -0.1) is 0 Å². The van der Waals surface area contributed by atoms with E-state index >= 15 is 0 Å². The van der Waals surface area contributed by atoms with Crippen molar-refractivity contribution in [2.45, 2.75) is 101 Å². The van der Waals surface area contributed by atoms with E-state index in [9.17, 15) is 23.2 Å². The van der Waals surface area contributed by atoms with Gasteiger partial charge in [0.2, 0.25) is 17.7 Å². The second kappa shape index (κ2) is 9.24. The molecule has 3 atom stereocenters. The standard InChI is InChI=1S/C25H31F2N3O4/c26-25(27)11-9-16(10-12-25)28-19-3-1-2-4-21(19)34-17-5-6-18-15(13-17)14-30(24(18)33)20-7-8-22(31)29-23(20)32/h5-6,13,16,19-21,28H,1-4,7-12,14H2,(H,29,31,32)/t19-,20?,21-/m1/s1. The monoisotopic (exact) mass is 475 g/mol. The number of benzene rings is 1. The van der Waals surface area contributed by atoms with Gasteiger partial charge in [0.15, 0.2) is 0 Å². The maximum atomic E-state index is 13.5. The lowest BCUT2D eigenvalue weighted by Crippen LogP contribution is -2.52. The van der Waals surface area contributed by atoms with Gasteiger partial charge < -0.3 is 15.0 Å². The molecule has 3 amide bonds. The van der Waals surface area contributed by atoms with Gasteiger partial charge in [0.05, 0.1) is 0 Å². The summed E-state index contributed by atoms with van der Waals surface area (Å²) in [4.78, 5) is 38.1. The first-order valence-electron chi connectivity index (χ1n) is 12.4. The van der Waals surface area contributed by atoms with Crippen molar-refractivity contribution >= 4 is 17.7 Å². The van der Waals surface area contributed by atoms with Gasteiger partial charge in [-0.2, -0.15) is 0 Å². The number of nitrogens with zero attached hydrogens (tertiary/aromatic N) is 1. The molecule has 2 N–H and O–H groups in total. The summed E-state index contributed by atoms with van der Waals surface area (Å²) in [5, 5.41) is 5.91. The van der Waals surface area contributed by atoms with Crippen LogP contribution in [0.3, 0.4) is 0 Å². The number of fused-ring (bicyclic) bond motifs is 1. The van der Waals surface area contributed by atoms with Crippen LogP contribution in [0.25, 0.3) is 0 Å². The lowest BCUT2D eigenvalue weighted by atomic mass is 9.88. The number of piperidine rings is 1. The fourth-order valence-electron chi connectivity index (χ4n) is 5.74. The Morgan fingerprint density at radius 1 is 1.03 bits per heavy atom. The second-order valence-electron chi connectivity index (χ2n) is 10.1. The number of hydrogen-bond donors (Lipinski definition) is 2. The highest BCUT2D eigenvalue weighted by Crippen LogP contribution is 2.35. The Labute approximate surface area is 197 Å². The van der Waals surface area contributed by atoms with Crippen LogP contribution in [0.2, 0.25) is 0 Å². The van der Waals surface area contributed by atoms with E-state index in [1.807, 2.05) is 6.07 Å². The molecule has 5 rings (SSSR count). The number of hydrogen-bond acceptors (Lipinski definition) is 5. The first kappa shape index (κ1) is 23.2. The molecule has 1 saturated heterocycles. The van der Waals surface area contributed by atoms with Crippen LogP contribution in [0.4, 0.5) is 8.78 Å². The fraction of sp³-hybridized carbons (Fsp3) is 0.640. The van der Waals surface area contributed by atoms with E-state index in [-0.39, 0.29) is 49.3 Å². The minimum absolute atomic E-state index is 0.0578. The predicted octanol–water partition coefficient (Wildman–Crippen LogP) is 3.31. The first-order valence-corrected chi connectivity index (χ1v) is 12.4. The SMILES string of the molecule is O=C1CCC(N2Cc3cc(O[C@@H]4CCCC[C@H]4NC4CCC(F)(F)CC4)ccc3C2=O)C(=O)N1. The number of halogens is 2. The third-order valence-electron chi connectivity index (χ3n) is 7.65. The highest BCUT2D eigenvalue weighted by molar-refractivity contribution is 6.05. The van der Waals surface area contributed by atoms with Crippen LogP contribution in [0.1, 0.15) is 80.1 Å². The molecule has 1 aromatic rings. The van der Waals surface area contributed by atoms with Gasteiger partial charge in [0, 0.05) is 43.5 Å². The van der Waals surface area contributed by atoms with E-state index in [1.165, 1.54) is 4.90 Å². The molecule has 2 aliphatic heterocycles. The molecule has 184 valence electrons. The van der Waals surface area contributed by atoms with Crippen molar-refractivity contribution in [3.63, 3.8) is 0 Å². The largest absolute Gasteiger partial charge is 0.489 e. The molecule has 7 nitrogen and oxygen atoms in total. The van der Waals surface area contributed by atoms with Crippen LogP contribution in [0.15, 0.2) is 18.2 Å². The lowest BCUT2D eigenvalue weighted by Gasteiger charge is -2.37. The maximum Gasteiger partial charge on any atom is 0.255 e. The van der Waals surface area contributed by atoms with Crippen molar-refractivity contribution in [1.29, 1.82) is 0 Å². The van der Waals surface area contributed by atoms with Crippen LogP contribution in [-0.2, 0) is 16.1 Å². The van der Waals surface area contributed by atoms with E-state index in [2.05, 4.69) is 10.6 Å². The van der Waals surface area contributed by atoms with Gasteiger partial charge in [-0.3, -0.25) is 19.7 Å². The Morgan fingerprint density at radius 3 is 2.56 bits per heavy atom. The van der Waals surface area contributed by atoms with E-state index in [0.717, 1.165) is 31.2 Å². The van der Waals surface area contributed by atoms with Crippen LogP contribution in [-0.4, -0.2) is 52.8 Å². The highest BCUT2D eigenvalue weighted by atomic mass is 19.3. The van der Waals surface area contributed by atoms with Crippen molar-refractivity contribution < 1.29 is 27.9 Å². The van der Waals surface area contributed by atoms with Crippen molar-refractivity contribution in [2.24, 2.45) is 0 Å². The third kappa shape index (κ3) is 4.80. The highest BCUT2D eigenvalue weighted by Gasteiger charge is 2.40. The molecule has 1 unspecified atom stereocenters. The summed E-state index contributed by atoms with van der Waals surface area (Å²) < 4.78 is 33.4. The number of alkyl halides is 2. The fourth-order valence-corrected chi connectivity index (χ4v) is 5.74. The molecule has 1 aromatic carbocycles. The van der Waals surface area contributed by atoms with Crippen molar-refractivity contribution in [1.82, 2.24) is 15.5 Å². The Hall–Kier alpha value is -2.55. The van der Waals surface area contributed by atoms with Crippen molar-refractivity contribution in [3.05, 3.63) is 29.3 Å². The number of carbonyl (C=O) groups excluding carboxylic acids is 3. The molecule has 0 spiro atoms. The zero-order valence-electron chi connectivity index (χ0n) is 19.2. The summed E-state index contributed by atoms with van der Waals surface area (Å²) in [5.74, 6) is -2.80. The van der Waals surface area contributed by atoms with Crippen LogP contribution < -0.4 is 15.4 Å². The molecule has 0 radical (unpaired) electrons. The molecule has 4 aliphatic rings. The number of rotatable bonds is 5. The molecule has 9 heteroatoms. The van der Waals surface area contributed by atoms with Gasteiger partial charge >= 0.3 is 0 Å². The van der Waals surface area contributed by atoms with Crippen LogP contribution in [0, 0.1) is 0 Å². The normalized spacial score (nSPS) is 29.6. The summed E-state index contributed by atoms with van der Waals surface area (Å²) in [5.41, 5.74) is 1.36. The van der Waals surface area contributed by atoms with Crippen LogP contribution in [0.5, 0.6) is 5.75 Å². The summed E-state index contributed by atoms with van der Waals surface area (Å²) >= 11 is 0. The average molecular weight is 476 g/mol. The summed E-state index contributed by atoms with van der Waals surface area (Å²) in [6.45, 7) is 0.306. The molecular formula is C25H31F2N3O4. The second-order valence-corrected chi connectivity index (χ2v) is 10.1. The summed E-state index contributed by atoms with van der Waals surface area (Å²) in [7, 11) is 0. The number of ether oxygens (including phenoxy) is 1. The van der Waals surface area contributed by atoms with E-state index in [1.54, 1.807) is 12.1 Å². The average Bonchev–Trinajstić information content (AvgIpc) is 3.12. The van der Waals surface area contributed by atoms with Gasteiger partial charge in [-0.25, -0.2) is 8.78 Å². The Morgan fingerprint density at radius 2 is 1.79 bits per heavy atom. The molecule has 0 bridgehead atoms. The van der Waals surface area contributed by atoms with Gasteiger partial charge in [-0.1, -0.05) is 6.42 Å². The zero-order valence-corrected chi connectivity index (χ0v) is 19.2. The molecule has 2 aliphatic carbocycles. The number of imide groups is 1. The Balaban J connectivity index is 1.24. The first-order chi connectivity index (χ1) is 16.3. The van der Waals surface area contributed by atoms with Crippen molar-refractivity contribution in [3.8, 4) is 5.75 Å². The van der Waals surface area contributed by atoms with E-state index in [4.69, 9.17) is 4.74 Å². The van der Waals surface area contributed by atoms with Gasteiger partial charge in [0.25, 0.3) is 5.91 Å². The van der Waals surface area contributed by atoms with E-state index in [0.29, 0.717) is 37.1 Å². The molecule has 2 heterocycles. The molecule has 0 aromatic heterocycles. The maximum absolute atomic E-state index is 13.5. The zero-order chi connectivity index (χ0) is 23.9. The van der Waals surface area contributed by atoms with Crippen LogP contribution >= 0.6 is 0 Å². The van der Waals surface area contributed by atoms with Gasteiger partial charge in [-0.05, 0) is 62.3 Å². The number of nitrogens with one attached hydrogen (secondary N) is 2. The molecule has 2 saturated carbocycles. The minimum atomic E-state index is -2.54. The number of amides is 3. The lowest BCUT2D eigenvalue weighted by molar-refractivity contribution is -0.136. The smallest absolute Gasteiger partial charge is 0.255 e. The molecular weight excluding hydrogens is 444 g/mol. The summed E-state index contributed by atoms with van der Waals surface area (Å²) in [6, 6.07) is 4.96. The molecule has 34 heavy (non-hydrogen) atoms. The van der Waals surface area contributed by atoms with E-state index < -0.39 is 17.9 Å². The van der Waals surface area contributed by atoms with Gasteiger partial charge in [0.1, 0.15) is 17.9 Å². The quantitative estimate of drug-likeness (QED) is 0.638. The predicted molar refractivity (Wildman–Crippen MR) is 119 cm³/mol. The molecule has 3 fully saturated rings. The topological polar surface area (TPSA) is 87.7 Å². The van der Waals surface area contributed by atoms with Crippen molar-refractivity contribution in [2.75, 3.05) is 0 Å². The third-order valence-corrected chi connectivity index (χ3v) is 7.65. The summed E-state index contributed by atoms with van der Waals surface area (Å²) in [6.07, 6.45) is 5.30.